The molecule has 0 radical (unpaired) electrons. The summed E-state index contributed by atoms with van der Waals surface area (Å²) in [5.74, 6) is 4.52. The van der Waals surface area contributed by atoms with Crippen molar-refractivity contribution in [1.29, 1.82) is 0 Å². The van der Waals surface area contributed by atoms with E-state index in [1.807, 2.05) is 0 Å². The Hall–Kier alpha value is -5.34. The molecule has 2 aliphatic heterocycles. The molecule has 13 atom stereocenters. The molecule has 4 aromatic carbocycles. The summed E-state index contributed by atoms with van der Waals surface area (Å²) in [6.07, 6.45) is 31.6. The second-order valence-electron chi connectivity index (χ2n) is 22.4. The predicted octanol–water partition coefficient (Wildman–Crippen LogP) is 14.5. The fourth-order valence-electron chi connectivity index (χ4n) is 16.3. The van der Waals surface area contributed by atoms with Crippen LogP contribution in [0, 0.1) is 46.3 Å². The van der Waals surface area contributed by atoms with Gasteiger partial charge in [0.05, 0.1) is 12.1 Å². The van der Waals surface area contributed by atoms with Gasteiger partial charge >= 0.3 is 0 Å². The van der Waals surface area contributed by atoms with Crippen molar-refractivity contribution in [3.63, 3.8) is 0 Å². The summed E-state index contributed by atoms with van der Waals surface area (Å²) in [6, 6.07) is 38.1. The summed E-state index contributed by atoms with van der Waals surface area (Å²) in [4.78, 5) is 2.91. The average molecular weight is 838 g/mol. The number of para-hydroxylation sites is 1. The monoisotopic (exact) mass is 837 g/mol. The van der Waals surface area contributed by atoms with E-state index in [0.29, 0.717) is 47.5 Å². The second-order valence-corrected chi connectivity index (χ2v) is 22.4. The first-order valence-corrected chi connectivity index (χ1v) is 24.7. The zero-order valence-electron chi connectivity index (χ0n) is 38.5. The molecule has 2 fully saturated rings. The molecule has 0 bridgehead atoms. The number of hydrogen-bond donors (Lipinski definition) is 0. The first kappa shape index (κ1) is 39.1. The standard InChI is InChI=1S/C62H63NO/c1-38-47(30-31-49-58(38)59(3,4)55-22-14-15-35-60(49,55)5)62(44-27-23-41(24-28-44)40-16-8-7-9-17-40)37-50(62)43-25-29-46-53(36-43)63(52-32-26-42-18-10-11-19-45(42)57(46)52)51-33-34-56-61(6,39(51)2)48-20-12-13-21-54(48)64-56/h7-25,27-29,31,33-36,38-39,42,47,50-52,55-56,58H,26,30,32,37H2,1-6H3/t38?,39?,42?,47?,50?,51?,52?,55?,56?,58?,60?,61?,62-/m1/s1. The molecule has 0 N–H and O–H groups in total. The van der Waals surface area contributed by atoms with E-state index in [1.54, 1.807) is 11.1 Å². The van der Waals surface area contributed by atoms with E-state index in [1.165, 1.54) is 63.9 Å². The molecule has 322 valence electrons. The van der Waals surface area contributed by atoms with Gasteiger partial charge in [-0.15, -0.1) is 0 Å². The number of rotatable bonds is 5. The highest BCUT2D eigenvalue weighted by Crippen LogP contribution is 2.73. The Morgan fingerprint density at radius 1 is 0.734 bits per heavy atom. The molecule has 13 rings (SSSR count). The molecule has 0 aromatic heterocycles. The van der Waals surface area contributed by atoms with Crippen LogP contribution in [0.1, 0.15) is 95.4 Å². The van der Waals surface area contributed by atoms with Crippen LogP contribution in [0.4, 0.5) is 5.69 Å². The highest BCUT2D eigenvalue weighted by molar-refractivity contribution is 5.92. The maximum Gasteiger partial charge on any atom is 0.127 e. The van der Waals surface area contributed by atoms with Crippen molar-refractivity contribution in [3.05, 3.63) is 197 Å². The Bertz CT molecular complexity index is 2810. The third kappa shape index (κ3) is 5.09. The second kappa shape index (κ2) is 13.6. The Balaban J connectivity index is 0.939. The van der Waals surface area contributed by atoms with Crippen LogP contribution in [0.2, 0.25) is 0 Å². The maximum absolute atomic E-state index is 6.69. The van der Waals surface area contributed by atoms with E-state index in [-0.39, 0.29) is 33.8 Å². The summed E-state index contributed by atoms with van der Waals surface area (Å²) in [6.45, 7) is 15.3. The molecule has 64 heavy (non-hydrogen) atoms. The van der Waals surface area contributed by atoms with Gasteiger partial charge < -0.3 is 9.64 Å². The molecular weight excluding hydrogens is 775 g/mol. The summed E-state index contributed by atoms with van der Waals surface area (Å²) in [7, 11) is 0. The van der Waals surface area contributed by atoms with Crippen LogP contribution in [0.3, 0.4) is 0 Å². The van der Waals surface area contributed by atoms with Crippen LogP contribution in [-0.2, 0) is 10.8 Å². The number of benzene rings is 4. The Morgan fingerprint density at radius 2 is 1.52 bits per heavy atom. The van der Waals surface area contributed by atoms with E-state index in [0.717, 1.165) is 12.2 Å². The van der Waals surface area contributed by atoms with Gasteiger partial charge in [0.1, 0.15) is 11.9 Å². The van der Waals surface area contributed by atoms with Crippen LogP contribution < -0.4 is 9.64 Å². The van der Waals surface area contributed by atoms with Crippen LogP contribution in [0.15, 0.2) is 175 Å². The van der Waals surface area contributed by atoms with Gasteiger partial charge in [-0.25, -0.2) is 0 Å². The van der Waals surface area contributed by atoms with Crippen molar-refractivity contribution in [1.82, 2.24) is 0 Å². The minimum Gasteiger partial charge on any atom is -0.485 e. The smallest absolute Gasteiger partial charge is 0.127 e. The molecule has 9 aliphatic rings. The minimum atomic E-state index is -0.108. The number of allylic oxidation sites excluding steroid dienone is 11. The third-order valence-electron chi connectivity index (χ3n) is 19.4. The van der Waals surface area contributed by atoms with Crippen molar-refractivity contribution in [2.75, 3.05) is 4.90 Å². The van der Waals surface area contributed by atoms with Gasteiger partial charge in [0.25, 0.3) is 0 Å². The number of hydrogen-bond acceptors (Lipinski definition) is 2. The van der Waals surface area contributed by atoms with Gasteiger partial charge in [0.2, 0.25) is 0 Å². The fourth-order valence-corrected chi connectivity index (χ4v) is 16.3. The highest BCUT2D eigenvalue weighted by Gasteiger charge is 2.67. The molecule has 2 heterocycles. The van der Waals surface area contributed by atoms with Gasteiger partial charge in [0.15, 0.2) is 0 Å². The van der Waals surface area contributed by atoms with Gasteiger partial charge in [-0.3, -0.25) is 0 Å². The molecule has 2 heteroatoms. The van der Waals surface area contributed by atoms with Crippen LogP contribution in [0.25, 0.3) is 16.7 Å². The topological polar surface area (TPSA) is 12.5 Å². The van der Waals surface area contributed by atoms with Crippen molar-refractivity contribution in [2.45, 2.75) is 102 Å². The average Bonchev–Trinajstić information content (AvgIpc) is 3.81. The van der Waals surface area contributed by atoms with Crippen LogP contribution in [-0.4, -0.2) is 18.2 Å². The quantitative estimate of drug-likeness (QED) is 0.186. The van der Waals surface area contributed by atoms with Crippen LogP contribution >= 0.6 is 0 Å². The number of fused-ring (bicyclic) bond motifs is 10. The molecule has 2 nitrogen and oxygen atoms in total. The van der Waals surface area contributed by atoms with E-state index < -0.39 is 0 Å². The third-order valence-corrected chi connectivity index (χ3v) is 19.4. The molecule has 0 spiro atoms. The van der Waals surface area contributed by atoms with E-state index in [2.05, 4.69) is 210 Å². The van der Waals surface area contributed by atoms with E-state index >= 15 is 0 Å². The molecule has 12 unspecified atom stereocenters. The summed E-state index contributed by atoms with van der Waals surface area (Å²) >= 11 is 0. The molecule has 7 aliphatic carbocycles. The lowest BCUT2D eigenvalue weighted by molar-refractivity contribution is 0.104. The lowest BCUT2D eigenvalue weighted by atomic mass is 9.59. The highest BCUT2D eigenvalue weighted by atomic mass is 16.5. The summed E-state index contributed by atoms with van der Waals surface area (Å²) in [5.41, 5.74) is 15.0. The molecule has 0 amide bonds. The first-order chi connectivity index (χ1) is 31.0. The van der Waals surface area contributed by atoms with Crippen LogP contribution in [0.5, 0.6) is 5.75 Å². The minimum absolute atomic E-state index is 0.0559. The van der Waals surface area contributed by atoms with E-state index in [9.17, 15) is 0 Å². The lowest BCUT2D eigenvalue weighted by Gasteiger charge is -2.48. The largest absolute Gasteiger partial charge is 0.485 e. The Morgan fingerprint density at radius 3 is 2.36 bits per heavy atom. The van der Waals surface area contributed by atoms with Gasteiger partial charge in [-0.05, 0) is 118 Å². The first-order valence-electron chi connectivity index (χ1n) is 24.7. The SMILES string of the molecule is CC1C2C(=CCC1[C@]1(c3ccc(-c4ccccc4)cc3)CC1c1ccc3c(c1)N(C1C=CC4Oc5ccccc5C4(C)C1C)C1CCC4C=CC=CC4=C31)C1(C)C=CC=CC1C2(C)C. The molecule has 2 saturated carbocycles. The van der Waals surface area contributed by atoms with E-state index in [4.69, 9.17) is 4.74 Å². The summed E-state index contributed by atoms with van der Waals surface area (Å²) in [5, 5.41) is 0. The normalized spacial score (nSPS) is 38.7. The fraction of sp³-hybridized carbons (Fsp3) is 0.387. The van der Waals surface area contributed by atoms with Crippen molar-refractivity contribution < 1.29 is 4.74 Å². The maximum atomic E-state index is 6.69. The van der Waals surface area contributed by atoms with Crippen molar-refractivity contribution >= 4 is 11.3 Å². The number of nitrogens with zero attached hydrogens (tertiary/aromatic N) is 1. The zero-order valence-corrected chi connectivity index (χ0v) is 38.5. The lowest BCUT2D eigenvalue weighted by Crippen LogP contribution is -2.55. The van der Waals surface area contributed by atoms with Gasteiger partial charge in [0, 0.05) is 39.0 Å². The predicted molar refractivity (Wildman–Crippen MR) is 264 cm³/mol. The molecule has 0 saturated heterocycles. The van der Waals surface area contributed by atoms with Crippen molar-refractivity contribution in [2.24, 2.45) is 46.3 Å². The Kier molecular flexibility index (Phi) is 8.30. The number of ether oxygens (including phenoxy) is 1. The summed E-state index contributed by atoms with van der Waals surface area (Å²) < 4.78 is 6.69. The van der Waals surface area contributed by atoms with Gasteiger partial charge in [-0.1, -0.05) is 193 Å². The Labute approximate surface area is 381 Å². The molecular formula is C62H63NO. The van der Waals surface area contributed by atoms with Crippen molar-refractivity contribution in [3.8, 4) is 16.9 Å². The zero-order chi connectivity index (χ0) is 43.3. The molecule has 4 aromatic rings. The van der Waals surface area contributed by atoms with Gasteiger partial charge in [-0.2, -0.15) is 0 Å². The number of anilines is 1.